The Kier molecular flexibility index (Phi) is 3.07. The van der Waals surface area contributed by atoms with Crippen molar-refractivity contribution in [2.24, 2.45) is 5.92 Å². The van der Waals surface area contributed by atoms with Gasteiger partial charge in [0.1, 0.15) is 17.4 Å². The molecule has 4 nitrogen and oxygen atoms in total. The van der Waals surface area contributed by atoms with Crippen molar-refractivity contribution in [2.45, 2.75) is 25.4 Å². The largest absolute Gasteiger partial charge is 0.487 e. The summed E-state index contributed by atoms with van der Waals surface area (Å²) < 4.78 is 5.92. The number of carboxylic acid groups (broad SMARTS) is 1. The minimum absolute atomic E-state index is 0.245. The highest BCUT2D eigenvalue weighted by atomic mass is 16.5. The van der Waals surface area contributed by atoms with E-state index in [2.05, 4.69) is 4.98 Å². The second-order valence-electron chi connectivity index (χ2n) is 4.86. The van der Waals surface area contributed by atoms with Gasteiger partial charge in [0.15, 0.2) is 0 Å². The highest BCUT2D eigenvalue weighted by molar-refractivity contribution is 5.84. The molecule has 1 fully saturated rings. The number of pyridine rings is 1. The third-order valence-corrected chi connectivity index (χ3v) is 3.64. The van der Waals surface area contributed by atoms with E-state index in [4.69, 9.17) is 4.74 Å². The van der Waals surface area contributed by atoms with Gasteiger partial charge in [-0.15, -0.1) is 0 Å². The molecule has 1 N–H and O–H groups in total. The number of benzene rings is 1. The smallest absolute Gasteiger partial charge is 0.310 e. The molecular formula is C15H15NO3. The number of nitrogens with zero attached hydrogens (tertiary/aromatic N) is 1. The maximum Gasteiger partial charge on any atom is 0.310 e. The zero-order chi connectivity index (χ0) is 13.2. The molecular weight excluding hydrogens is 242 g/mol. The van der Waals surface area contributed by atoms with Crippen LogP contribution in [0, 0.1) is 5.92 Å². The summed E-state index contributed by atoms with van der Waals surface area (Å²) in [4.78, 5) is 15.5. The first-order chi connectivity index (χ1) is 9.25. The molecule has 19 heavy (non-hydrogen) atoms. The van der Waals surface area contributed by atoms with E-state index in [-0.39, 0.29) is 6.10 Å². The number of aliphatic carboxylic acids is 1. The Labute approximate surface area is 111 Å². The summed E-state index contributed by atoms with van der Waals surface area (Å²) in [5.74, 6) is -0.495. The van der Waals surface area contributed by atoms with E-state index >= 15 is 0 Å². The summed E-state index contributed by atoms with van der Waals surface area (Å²) in [6, 6.07) is 9.58. The van der Waals surface area contributed by atoms with Gasteiger partial charge in [0.25, 0.3) is 0 Å². The molecule has 1 saturated carbocycles. The second-order valence-corrected chi connectivity index (χ2v) is 4.86. The molecule has 1 aliphatic carbocycles. The first kappa shape index (κ1) is 12.0. The molecule has 1 aliphatic rings. The minimum atomic E-state index is -0.768. The molecule has 4 heteroatoms. The summed E-state index contributed by atoms with van der Waals surface area (Å²) in [5.41, 5.74) is 0.793. The number of ether oxygens (including phenoxy) is 1. The minimum Gasteiger partial charge on any atom is -0.487 e. The molecule has 2 unspecified atom stereocenters. The topological polar surface area (TPSA) is 59.4 Å². The van der Waals surface area contributed by atoms with Crippen molar-refractivity contribution in [1.82, 2.24) is 4.98 Å². The van der Waals surface area contributed by atoms with Gasteiger partial charge in [0.05, 0.1) is 5.92 Å². The third-order valence-electron chi connectivity index (χ3n) is 3.64. The third kappa shape index (κ3) is 2.26. The fourth-order valence-electron chi connectivity index (χ4n) is 2.68. The molecule has 0 saturated heterocycles. The van der Waals surface area contributed by atoms with Crippen molar-refractivity contribution in [3.63, 3.8) is 0 Å². The summed E-state index contributed by atoms with van der Waals surface area (Å²) in [6.07, 6.45) is 3.86. The van der Waals surface area contributed by atoms with Gasteiger partial charge >= 0.3 is 5.97 Å². The van der Waals surface area contributed by atoms with Crippen LogP contribution < -0.4 is 4.74 Å². The lowest BCUT2D eigenvalue weighted by Crippen LogP contribution is -2.28. The second kappa shape index (κ2) is 4.88. The molecule has 0 bridgehead atoms. The standard InChI is InChI=1S/C15H15NO3/c17-15(18)11-6-2-7-12(11)19-13-8-1-4-10-5-3-9-16-14(10)13/h1,3-5,8-9,11-12H,2,6-7H2,(H,17,18). The molecule has 0 radical (unpaired) electrons. The fraction of sp³-hybridized carbons (Fsp3) is 0.333. The summed E-state index contributed by atoms with van der Waals surface area (Å²) >= 11 is 0. The van der Waals surface area contributed by atoms with Crippen molar-refractivity contribution in [1.29, 1.82) is 0 Å². The first-order valence-electron chi connectivity index (χ1n) is 6.49. The fourth-order valence-corrected chi connectivity index (χ4v) is 2.68. The monoisotopic (exact) mass is 257 g/mol. The highest BCUT2D eigenvalue weighted by Gasteiger charge is 2.34. The van der Waals surface area contributed by atoms with Crippen molar-refractivity contribution in [2.75, 3.05) is 0 Å². The molecule has 1 aromatic carbocycles. The van der Waals surface area contributed by atoms with Gasteiger partial charge in [-0.2, -0.15) is 0 Å². The van der Waals surface area contributed by atoms with E-state index in [1.54, 1.807) is 6.20 Å². The van der Waals surface area contributed by atoms with Crippen LogP contribution in [0.15, 0.2) is 36.5 Å². The molecule has 0 spiro atoms. The SMILES string of the molecule is O=C(O)C1CCCC1Oc1cccc2cccnc12. The lowest BCUT2D eigenvalue weighted by molar-refractivity contribution is -0.143. The van der Waals surface area contributed by atoms with Crippen LogP contribution in [0.2, 0.25) is 0 Å². The lowest BCUT2D eigenvalue weighted by atomic mass is 10.1. The Morgan fingerprint density at radius 1 is 1.26 bits per heavy atom. The number of carboxylic acids is 1. The molecule has 1 aromatic heterocycles. The Balaban J connectivity index is 1.91. The molecule has 3 rings (SSSR count). The molecule has 1 heterocycles. The Morgan fingerprint density at radius 2 is 2.11 bits per heavy atom. The van der Waals surface area contributed by atoms with Crippen LogP contribution in [0.25, 0.3) is 10.9 Å². The van der Waals surface area contributed by atoms with Crippen molar-refractivity contribution < 1.29 is 14.6 Å². The zero-order valence-electron chi connectivity index (χ0n) is 10.5. The zero-order valence-corrected chi connectivity index (χ0v) is 10.5. The average Bonchev–Trinajstić information content (AvgIpc) is 2.87. The molecule has 2 aromatic rings. The van der Waals surface area contributed by atoms with Gasteiger partial charge in [-0.1, -0.05) is 18.2 Å². The van der Waals surface area contributed by atoms with E-state index in [0.29, 0.717) is 12.2 Å². The van der Waals surface area contributed by atoms with Gasteiger partial charge in [-0.25, -0.2) is 0 Å². The summed E-state index contributed by atoms with van der Waals surface area (Å²) in [7, 11) is 0. The van der Waals surface area contributed by atoms with Crippen LogP contribution in [-0.2, 0) is 4.79 Å². The number of hydrogen-bond donors (Lipinski definition) is 1. The van der Waals surface area contributed by atoms with E-state index in [0.717, 1.165) is 23.7 Å². The number of rotatable bonds is 3. The van der Waals surface area contributed by atoms with Crippen molar-refractivity contribution in [3.05, 3.63) is 36.5 Å². The van der Waals surface area contributed by atoms with Gasteiger partial charge in [-0.05, 0) is 31.4 Å². The van der Waals surface area contributed by atoms with Crippen LogP contribution >= 0.6 is 0 Å². The lowest BCUT2D eigenvalue weighted by Gasteiger charge is -2.18. The highest BCUT2D eigenvalue weighted by Crippen LogP contribution is 2.32. The van der Waals surface area contributed by atoms with Gasteiger partial charge in [-0.3, -0.25) is 9.78 Å². The number of aromatic nitrogens is 1. The van der Waals surface area contributed by atoms with Gasteiger partial charge in [0.2, 0.25) is 0 Å². The average molecular weight is 257 g/mol. The number of hydrogen-bond acceptors (Lipinski definition) is 3. The quantitative estimate of drug-likeness (QED) is 0.918. The predicted octanol–water partition coefficient (Wildman–Crippen LogP) is 2.87. The van der Waals surface area contributed by atoms with E-state index in [1.807, 2.05) is 30.3 Å². The van der Waals surface area contributed by atoms with Crippen LogP contribution in [0.5, 0.6) is 5.75 Å². The number of carbonyl (C=O) groups is 1. The van der Waals surface area contributed by atoms with Crippen molar-refractivity contribution in [3.8, 4) is 5.75 Å². The molecule has 2 atom stereocenters. The number of fused-ring (bicyclic) bond motifs is 1. The van der Waals surface area contributed by atoms with E-state index in [1.165, 1.54) is 0 Å². The maximum absolute atomic E-state index is 11.2. The maximum atomic E-state index is 11.2. The van der Waals surface area contributed by atoms with Crippen LogP contribution in [-0.4, -0.2) is 22.2 Å². The number of para-hydroxylation sites is 1. The molecule has 98 valence electrons. The molecule has 0 amide bonds. The molecule has 0 aliphatic heterocycles. The Hall–Kier alpha value is -2.10. The van der Waals surface area contributed by atoms with Crippen LogP contribution in [0.4, 0.5) is 0 Å². The Morgan fingerprint density at radius 3 is 2.95 bits per heavy atom. The normalized spacial score (nSPS) is 22.5. The predicted molar refractivity (Wildman–Crippen MR) is 71.1 cm³/mol. The van der Waals surface area contributed by atoms with Crippen LogP contribution in [0.1, 0.15) is 19.3 Å². The Bertz CT molecular complexity index is 606. The van der Waals surface area contributed by atoms with Gasteiger partial charge < -0.3 is 9.84 Å². The first-order valence-corrected chi connectivity index (χ1v) is 6.49. The van der Waals surface area contributed by atoms with E-state index < -0.39 is 11.9 Å². The summed E-state index contributed by atoms with van der Waals surface area (Å²) in [6.45, 7) is 0. The van der Waals surface area contributed by atoms with Gasteiger partial charge in [0, 0.05) is 11.6 Å². The van der Waals surface area contributed by atoms with Crippen LogP contribution in [0.3, 0.4) is 0 Å². The van der Waals surface area contributed by atoms with E-state index in [9.17, 15) is 9.90 Å². The summed E-state index contributed by atoms with van der Waals surface area (Å²) in [5, 5.41) is 10.2. The van der Waals surface area contributed by atoms with Crippen molar-refractivity contribution >= 4 is 16.9 Å².